The second-order valence-electron chi connectivity index (χ2n) is 4.00. The molecule has 1 aliphatic carbocycles. The lowest BCUT2D eigenvalue weighted by Crippen LogP contribution is -2.65. The Bertz CT molecular complexity index is 230. The zero-order valence-corrected chi connectivity index (χ0v) is 6.97. The smallest absolute Gasteiger partial charge is 0.315 e. The average Bonchev–Trinajstić information content (AvgIpc) is 1.92. The number of carbonyl (C=O) groups is 1. The average molecular weight is 193 g/mol. The Labute approximate surface area is 73.7 Å². The molecule has 1 saturated carbocycles. The van der Waals surface area contributed by atoms with Crippen LogP contribution in [-0.2, 0) is 4.79 Å². The minimum absolute atomic E-state index is 0.149. The molecule has 0 bridgehead atoms. The van der Waals surface area contributed by atoms with Gasteiger partial charge in [-0.05, 0) is 12.8 Å². The van der Waals surface area contributed by atoms with E-state index in [-0.39, 0.29) is 5.41 Å². The Morgan fingerprint density at radius 2 is 1.92 bits per heavy atom. The number of hydrogen-bond donors (Lipinski definition) is 0. The summed E-state index contributed by atoms with van der Waals surface area (Å²) in [5.74, 6) is -1.12. The number of amides is 1. The van der Waals surface area contributed by atoms with E-state index in [4.69, 9.17) is 0 Å². The largest absolute Gasteiger partial charge is 0.336 e. The van der Waals surface area contributed by atoms with Crippen LogP contribution >= 0.6 is 0 Å². The van der Waals surface area contributed by atoms with E-state index in [9.17, 15) is 18.0 Å². The van der Waals surface area contributed by atoms with Gasteiger partial charge in [-0.25, -0.2) is 4.39 Å². The fourth-order valence-electron chi connectivity index (χ4n) is 2.20. The molecule has 5 heteroatoms. The molecule has 1 aliphatic heterocycles. The van der Waals surface area contributed by atoms with E-state index in [1.54, 1.807) is 0 Å². The minimum Gasteiger partial charge on any atom is -0.336 e. The molecule has 1 saturated heterocycles. The number of rotatable bonds is 1. The molecular formula is C8H10F3NO. The summed E-state index contributed by atoms with van der Waals surface area (Å²) in [4.78, 5) is 11.8. The van der Waals surface area contributed by atoms with Gasteiger partial charge in [0, 0.05) is 18.5 Å². The van der Waals surface area contributed by atoms with Gasteiger partial charge in [0.05, 0.1) is 0 Å². The lowest BCUT2D eigenvalue weighted by atomic mass is 9.62. The number of halogens is 3. The maximum atomic E-state index is 12.5. The lowest BCUT2D eigenvalue weighted by Gasteiger charge is -2.56. The van der Waals surface area contributed by atoms with Crippen LogP contribution in [-0.4, -0.2) is 36.5 Å². The Morgan fingerprint density at radius 1 is 1.38 bits per heavy atom. The number of hydrogen-bond acceptors (Lipinski definition) is 1. The standard InChI is InChI=1S/C8H10F3NO/c9-5-1-8(2-5)3-12(4-8)7(13)6(10)11/h5-6H,1-4H2. The van der Waals surface area contributed by atoms with Gasteiger partial charge < -0.3 is 4.90 Å². The van der Waals surface area contributed by atoms with Crippen LogP contribution in [0.5, 0.6) is 0 Å². The van der Waals surface area contributed by atoms with Crippen LogP contribution in [0.3, 0.4) is 0 Å². The Morgan fingerprint density at radius 3 is 2.31 bits per heavy atom. The van der Waals surface area contributed by atoms with Gasteiger partial charge in [-0.1, -0.05) is 0 Å². The molecule has 0 atom stereocenters. The number of carbonyl (C=O) groups excluding carboxylic acids is 1. The van der Waals surface area contributed by atoms with Gasteiger partial charge in [0.25, 0.3) is 5.91 Å². The first-order valence-corrected chi connectivity index (χ1v) is 4.23. The second-order valence-corrected chi connectivity index (χ2v) is 4.00. The van der Waals surface area contributed by atoms with Gasteiger partial charge in [-0.15, -0.1) is 0 Å². The van der Waals surface area contributed by atoms with Crippen LogP contribution in [0.2, 0.25) is 0 Å². The maximum Gasteiger partial charge on any atom is 0.315 e. The van der Waals surface area contributed by atoms with Crippen LogP contribution in [0.4, 0.5) is 13.2 Å². The quantitative estimate of drug-likeness (QED) is 0.613. The molecule has 2 nitrogen and oxygen atoms in total. The van der Waals surface area contributed by atoms with Crippen molar-refractivity contribution in [2.75, 3.05) is 13.1 Å². The molecule has 1 spiro atoms. The first-order valence-electron chi connectivity index (χ1n) is 4.23. The van der Waals surface area contributed by atoms with Crippen molar-refractivity contribution in [3.8, 4) is 0 Å². The third-order valence-electron chi connectivity index (χ3n) is 2.86. The molecule has 13 heavy (non-hydrogen) atoms. The Hall–Kier alpha value is -0.740. The van der Waals surface area contributed by atoms with Crippen molar-refractivity contribution in [1.82, 2.24) is 4.90 Å². The van der Waals surface area contributed by atoms with E-state index in [0.717, 1.165) is 4.90 Å². The number of alkyl halides is 3. The van der Waals surface area contributed by atoms with Crippen molar-refractivity contribution in [3.63, 3.8) is 0 Å². The van der Waals surface area contributed by atoms with Crippen molar-refractivity contribution < 1.29 is 18.0 Å². The molecule has 0 unspecified atom stereocenters. The van der Waals surface area contributed by atoms with Crippen molar-refractivity contribution in [2.24, 2.45) is 5.41 Å². The van der Waals surface area contributed by atoms with E-state index in [2.05, 4.69) is 0 Å². The predicted molar refractivity (Wildman–Crippen MR) is 39.1 cm³/mol. The highest BCUT2D eigenvalue weighted by Gasteiger charge is 2.54. The summed E-state index contributed by atoms with van der Waals surface area (Å²) >= 11 is 0. The van der Waals surface area contributed by atoms with Crippen molar-refractivity contribution >= 4 is 5.91 Å². The van der Waals surface area contributed by atoms with Crippen LogP contribution in [0, 0.1) is 5.41 Å². The van der Waals surface area contributed by atoms with Gasteiger partial charge in [0.15, 0.2) is 0 Å². The summed E-state index contributed by atoms with van der Waals surface area (Å²) < 4.78 is 36.2. The normalized spacial score (nSPS) is 26.0. The molecule has 2 aliphatic rings. The zero-order valence-electron chi connectivity index (χ0n) is 6.97. The number of nitrogens with zero attached hydrogens (tertiary/aromatic N) is 1. The second kappa shape index (κ2) is 2.62. The van der Waals surface area contributed by atoms with Crippen LogP contribution in [0.1, 0.15) is 12.8 Å². The molecule has 2 rings (SSSR count). The maximum absolute atomic E-state index is 12.5. The van der Waals surface area contributed by atoms with Gasteiger partial charge in [-0.3, -0.25) is 4.79 Å². The van der Waals surface area contributed by atoms with E-state index in [0.29, 0.717) is 25.9 Å². The highest BCUT2D eigenvalue weighted by molar-refractivity contribution is 5.80. The van der Waals surface area contributed by atoms with Crippen molar-refractivity contribution in [1.29, 1.82) is 0 Å². The summed E-state index contributed by atoms with van der Waals surface area (Å²) in [6, 6.07) is 0. The summed E-state index contributed by atoms with van der Waals surface area (Å²) in [5.41, 5.74) is -0.149. The molecule has 1 heterocycles. The fourth-order valence-corrected chi connectivity index (χ4v) is 2.20. The first kappa shape index (κ1) is 8.84. The van der Waals surface area contributed by atoms with Gasteiger partial charge in [0.1, 0.15) is 6.17 Å². The molecule has 0 aromatic rings. The van der Waals surface area contributed by atoms with E-state index in [1.807, 2.05) is 0 Å². The number of likely N-dealkylation sites (tertiary alicyclic amines) is 1. The summed E-state index contributed by atoms with van der Waals surface area (Å²) in [6.45, 7) is 0.632. The third kappa shape index (κ3) is 1.30. The van der Waals surface area contributed by atoms with Crippen molar-refractivity contribution in [3.05, 3.63) is 0 Å². The summed E-state index contributed by atoms with van der Waals surface area (Å²) in [7, 11) is 0. The van der Waals surface area contributed by atoms with Gasteiger partial charge >= 0.3 is 6.43 Å². The fraction of sp³-hybridized carbons (Fsp3) is 0.875. The first-order chi connectivity index (χ1) is 6.02. The highest BCUT2D eigenvalue weighted by atomic mass is 19.3. The third-order valence-corrected chi connectivity index (χ3v) is 2.86. The molecule has 1 amide bonds. The molecule has 2 fully saturated rings. The topological polar surface area (TPSA) is 20.3 Å². The molecule has 0 N–H and O–H groups in total. The Kier molecular flexibility index (Phi) is 1.78. The zero-order chi connectivity index (χ0) is 9.64. The van der Waals surface area contributed by atoms with Crippen LogP contribution in [0.15, 0.2) is 0 Å². The predicted octanol–water partition coefficient (Wildman–Crippen LogP) is 1.21. The highest BCUT2D eigenvalue weighted by Crippen LogP contribution is 2.49. The van der Waals surface area contributed by atoms with E-state index in [1.165, 1.54) is 0 Å². The molecule has 0 aromatic carbocycles. The Balaban J connectivity index is 1.82. The van der Waals surface area contributed by atoms with Gasteiger partial charge in [0.2, 0.25) is 0 Å². The molecule has 0 aromatic heterocycles. The minimum atomic E-state index is -2.92. The lowest BCUT2D eigenvalue weighted by molar-refractivity contribution is -0.167. The summed E-state index contributed by atoms with van der Waals surface area (Å²) in [6.07, 6.45) is -2.84. The monoisotopic (exact) mass is 193 g/mol. The van der Waals surface area contributed by atoms with Crippen LogP contribution in [0.25, 0.3) is 0 Å². The van der Waals surface area contributed by atoms with E-state index >= 15 is 0 Å². The van der Waals surface area contributed by atoms with E-state index < -0.39 is 18.5 Å². The molecule has 0 radical (unpaired) electrons. The summed E-state index contributed by atoms with van der Waals surface area (Å²) in [5, 5.41) is 0. The van der Waals surface area contributed by atoms with Crippen molar-refractivity contribution in [2.45, 2.75) is 25.4 Å². The van der Waals surface area contributed by atoms with Crippen LogP contribution < -0.4 is 0 Å². The molecule has 74 valence electrons. The SMILES string of the molecule is O=C(C(F)F)N1CC2(CC(F)C2)C1. The molecular weight excluding hydrogens is 183 g/mol. The van der Waals surface area contributed by atoms with Gasteiger partial charge in [-0.2, -0.15) is 8.78 Å².